The normalized spacial score (nSPS) is 10.5. The highest BCUT2D eigenvalue weighted by Crippen LogP contribution is 2.33. The second-order valence-electron chi connectivity index (χ2n) is 6.43. The predicted octanol–water partition coefficient (Wildman–Crippen LogP) is 5.51. The van der Waals surface area contributed by atoms with Gasteiger partial charge in [0.25, 0.3) is 11.6 Å². The first-order valence-corrected chi connectivity index (χ1v) is 9.02. The van der Waals surface area contributed by atoms with Crippen LogP contribution in [-0.4, -0.2) is 15.8 Å². The number of aromatic amines is 1. The van der Waals surface area contributed by atoms with E-state index in [1.54, 1.807) is 6.07 Å². The Morgan fingerprint density at radius 1 is 0.828 bits per heavy atom. The van der Waals surface area contributed by atoms with Gasteiger partial charge in [-0.1, -0.05) is 72.8 Å². The monoisotopic (exact) mass is 383 g/mol. The number of aromatic nitrogens is 1. The maximum Gasteiger partial charge on any atom is 0.282 e. The van der Waals surface area contributed by atoms with Crippen LogP contribution in [0.1, 0.15) is 10.4 Å². The molecule has 0 aliphatic rings. The third-order valence-corrected chi connectivity index (χ3v) is 4.56. The second kappa shape index (κ2) is 7.82. The highest BCUT2D eigenvalue weighted by molar-refractivity contribution is 6.09. The largest absolute Gasteiger partial charge is 0.353 e. The van der Waals surface area contributed by atoms with Crippen molar-refractivity contribution < 1.29 is 9.72 Å². The summed E-state index contributed by atoms with van der Waals surface area (Å²) in [6.45, 7) is 0. The number of para-hydroxylation sites is 1. The zero-order valence-corrected chi connectivity index (χ0v) is 15.3. The molecule has 0 bridgehead atoms. The van der Waals surface area contributed by atoms with E-state index in [9.17, 15) is 14.9 Å². The fourth-order valence-corrected chi connectivity index (χ4v) is 3.17. The van der Waals surface area contributed by atoms with Crippen LogP contribution in [0.4, 0.5) is 11.4 Å². The Morgan fingerprint density at radius 3 is 2.07 bits per heavy atom. The number of hydrogen-bond acceptors (Lipinski definition) is 3. The predicted molar refractivity (Wildman–Crippen MR) is 113 cm³/mol. The fraction of sp³-hybridized carbons (Fsp3) is 0. The summed E-state index contributed by atoms with van der Waals surface area (Å²) in [5.41, 5.74) is 3.77. The lowest BCUT2D eigenvalue weighted by molar-refractivity contribution is -0.385. The standard InChI is InChI=1S/C23H17N3O3/c27-23(18-13-7-8-14-21(18)26(28)29)25-20-15-19(16-9-3-1-4-10-16)24-22(20)17-11-5-2-6-12-17/h1-15,24H,(H,25,27). The van der Waals surface area contributed by atoms with Crippen molar-refractivity contribution >= 4 is 17.3 Å². The summed E-state index contributed by atoms with van der Waals surface area (Å²) < 4.78 is 0. The van der Waals surface area contributed by atoms with Gasteiger partial charge in [-0.15, -0.1) is 0 Å². The number of benzene rings is 3. The van der Waals surface area contributed by atoms with Crippen molar-refractivity contribution in [3.05, 3.63) is 107 Å². The Hall–Kier alpha value is -4.19. The van der Waals surface area contributed by atoms with E-state index in [0.717, 1.165) is 22.5 Å². The van der Waals surface area contributed by atoms with E-state index in [1.807, 2.05) is 66.7 Å². The van der Waals surface area contributed by atoms with Gasteiger partial charge in [0, 0.05) is 17.3 Å². The van der Waals surface area contributed by atoms with E-state index in [0.29, 0.717) is 5.69 Å². The third-order valence-electron chi connectivity index (χ3n) is 4.56. The summed E-state index contributed by atoms with van der Waals surface area (Å²) in [4.78, 5) is 26.9. The molecule has 4 aromatic rings. The summed E-state index contributed by atoms with van der Waals surface area (Å²) in [6.07, 6.45) is 0. The Kier molecular flexibility index (Phi) is 4.90. The Balaban J connectivity index is 1.76. The lowest BCUT2D eigenvalue weighted by Gasteiger charge is -2.07. The Labute approximate surface area is 167 Å². The minimum atomic E-state index is -0.556. The molecule has 6 heteroatoms. The van der Waals surface area contributed by atoms with E-state index < -0.39 is 10.8 Å². The molecule has 4 rings (SSSR count). The second-order valence-corrected chi connectivity index (χ2v) is 6.43. The van der Waals surface area contributed by atoms with Crippen LogP contribution in [0.15, 0.2) is 91.0 Å². The molecule has 1 amide bonds. The van der Waals surface area contributed by atoms with E-state index in [1.165, 1.54) is 18.2 Å². The van der Waals surface area contributed by atoms with E-state index >= 15 is 0 Å². The van der Waals surface area contributed by atoms with Crippen LogP contribution in [-0.2, 0) is 0 Å². The Morgan fingerprint density at radius 2 is 1.41 bits per heavy atom. The number of rotatable bonds is 5. The molecule has 3 aromatic carbocycles. The molecule has 1 heterocycles. The molecular weight excluding hydrogens is 366 g/mol. The van der Waals surface area contributed by atoms with Crippen molar-refractivity contribution in [1.29, 1.82) is 0 Å². The number of nitro benzene ring substituents is 1. The summed E-state index contributed by atoms with van der Waals surface area (Å²) in [5, 5.41) is 14.1. The van der Waals surface area contributed by atoms with Gasteiger partial charge in [-0.3, -0.25) is 14.9 Å². The van der Waals surface area contributed by atoms with E-state index in [-0.39, 0.29) is 11.3 Å². The summed E-state index contributed by atoms with van der Waals surface area (Å²) in [7, 11) is 0. The lowest BCUT2D eigenvalue weighted by Crippen LogP contribution is -2.14. The topological polar surface area (TPSA) is 88.0 Å². The number of amides is 1. The van der Waals surface area contributed by atoms with Gasteiger partial charge in [0.15, 0.2) is 0 Å². The van der Waals surface area contributed by atoms with Crippen LogP contribution in [0.3, 0.4) is 0 Å². The van der Waals surface area contributed by atoms with Gasteiger partial charge < -0.3 is 10.3 Å². The zero-order chi connectivity index (χ0) is 20.2. The van der Waals surface area contributed by atoms with Gasteiger partial charge >= 0.3 is 0 Å². The van der Waals surface area contributed by atoms with Crippen molar-refractivity contribution in [2.45, 2.75) is 0 Å². The number of hydrogen-bond donors (Lipinski definition) is 2. The molecule has 29 heavy (non-hydrogen) atoms. The summed E-state index contributed by atoms with van der Waals surface area (Å²) in [5.74, 6) is -0.534. The van der Waals surface area contributed by atoms with Crippen LogP contribution < -0.4 is 5.32 Å². The summed E-state index contributed by atoms with van der Waals surface area (Å²) >= 11 is 0. The van der Waals surface area contributed by atoms with Gasteiger partial charge in [-0.2, -0.15) is 0 Å². The fourth-order valence-electron chi connectivity index (χ4n) is 3.17. The molecule has 0 fully saturated rings. The minimum Gasteiger partial charge on any atom is -0.353 e. The first-order valence-electron chi connectivity index (χ1n) is 9.02. The summed E-state index contributed by atoms with van der Waals surface area (Å²) in [6, 6.07) is 27.1. The van der Waals surface area contributed by atoms with Crippen molar-refractivity contribution in [2.24, 2.45) is 0 Å². The third kappa shape index (κ3) is 3.77. The highest BCUT2D eigenvalue weighted by atomic mass is 16.6. The van der Waals surface area contributed by atoms with Crippen molar-refractivity contribution in [2.75, 3.05) is 5.32 Å². The van der Waals surface area contributed by atoms with Crippen LogP contribution in [0.25, 0.3) is 22.5 Å². The van der Waals surface area contributed by atoms with Crippen molar-refractivity contribution in [1.82, 2.24) is 4.98 Å². The quantitative estimate of drug-likeness (QED) is 0.352. The first kappa shape index (κ1) is 18.2. The van der Waals surface area contributed by atoms with Crippen LogP contribution >= 0.6 is 0 Å². The zero-order valence-electron chi connectivity index (χ0n) is 15.3. The number of carbonyl (C=O) groups excluding carboxylic acids is 1. The highest BCUT2D eigenvalue weighted by Gasteiger charge is 2.21. The average Bonchev–Trinajstić information content (AvgIpc) is 3.18. The van der Waals surface area contributed by atoms with E-state index in [4.69, 9.17) is 0 Å². The number of nitro groups is 1. The molecule has 0 aliphatic heterocycles. The lowest BCUT2D eigenvalue weighted by atomic mass is 10.1. The molecule has 142 valence electrons. The van der Waals surface area contributed by atoms with Gasteiger partial charge in [-0.05, 0) is 17.7 Å². The smallest absolute Gasteiger partial charge is 0.282 e. The maximum absolute atomic E-state index is 12.8. The van der Waals surface area contributed by atoms with Gasteiger partial charge in [0.2, 0.25) is 0 Å². The van der Waals surface area contributed by atoms with Crippen LogP contribution in [0, 0.1) is 10.1 Å². The van der Waals surface area contributed by atoms with Crippen molar-refractivity contribution in [3.8, 4) is 22.5 Å². The molecule has 0 spiro atoms. The van der Waals surface area contributed by atoms with Crippen LogP contribution in [0.2, 0.25) is 0 Å². The molecule has 0 saturated carbocycles. The van der Waals surface area contributed by atoms with E-state index in [2.05, 4.69) is 10.3 Å². The average molecular weight is 383 g/mol. The number of nitrogens with zero attached hydrogens (tertiary/aromatic N) is 1. The number of anilines is 1. The van der Waals surface area contributed by atoms with Gasteiger partial charge in [0.05, 0.1) is 16.3 Å². The number of H-pyrrole nitrogens is 1. The molecule has 0 unspecified atom stereocenters. The SMILES string of the molecule is O=C(Nc1cc(-c2ccccc2)[nH]c1-c1ccccc1)c1ccccc1[N+](=O)[O-]. The molecular formula is C23H17N3O3. The molecule has 0 radical (unpaired) electrons. The minimum absolute atomic E-state index is 0.0129. The number of carbonyl (C=O) groups is 1. The van der Waals surface area contributed by atoms with Crippen molar-refractivity contribution in [3.63, 3.8) is 0 Å². The molecule has 0 atom stereocenters. The Bertz CT molecular complexity index is 1170. The molecule has 1 aromatic heterocycles. The number of nitrogens with one attached hydrogen (secondary N) is 2. The van der Waals surface area contributed by atoms with Gasteiger partial charge in [-0.25, -0.2) is 0 Å². The molecule has 6 nitrogen and oxygen atoms in total. The van der Waals surface area contributed by atoms with Gasteiger partial charge in [0.1, 0.15) is 5.56 Å². The first-order chi connectivity index (χ1) is 14.1. The molecule has 2 N–H and O–H groups in total. The maximum atomic E-state index is 12.8. The molecule has 0 saturated heterocycles. The van der Waals surface area contributed by atoms with Crippen LogP contribution in [0.5, 0.6) is 0 Å². The molecule has 0 aliphatic carbocycles.